The number of aromatic nitrogens is 1. The summed E-state index contributed by atoms with van der Waals surface area (Å²) in [6, 6.07) is 5.65. The normalized spacial score (nSPS) is 26.3. The van der Waals surface area contributed by atoms with E-state index in [-0.39, 0.29) is 41.9 Å². The van der Waals surface area contributed by atoms with Gasteiger partial charge in [0.15, 0.2) is 0 Å². The number of nitrogens with zero attached hydrogens (tertiary/aromatic N) is 1. The van der Waals surface area contributed by atoms with E-state index >= 15 is 0 Å². The molecule has 5 N–H and O–H groups in total. The number of methoxy groups -OCH3 is 1. The molecule has 4 amide bonds. The van der Waals surface area contributed by atoms with Crippen molar-refractivity contribution in [2.45, 2.75) is 57.0 Å². The van der Waals surface area contributed by atoms with Crippen LogP contribution in [0.15, 0.2) is 24.3 Å². The lowest BCUT2D eigenvalue weighted by molar-refractivity contribution is -0.133. The van der Waals surface area contributed by atoms with Crippen LogP contribution in [0.2, 0.25) is 0 Å². The molecule has 5 rings (SSSR count). The van der Waals surface area contributed by atoms with Gasteiger partial charge < -0.3 is 31.0 Å². The highest BCUT2D eigenvalue weighted by molar-refractivity contribution is 6.02. The Morgan fingerprint density at radius 3 is 2.76 bits per heavy atom. The zero-order valence-corrected chi connectivity index (χ0v) is 21.1. The number of carbonyl (C=O) groups excluding carboxylic acids is 4. The van der Waals surface area contributed by atoms with Crippen LogP contribution in [0.4, 0.5) is 0 Å². The van der Waals surface area contributed by atoms with Crippen LogP contribution in [-0.2, 0) is 14.4 Å². The van der Waals surface area contributed by atoms with E-state index in [2.05, 4.69) is 15.6 Å². The van der Waals surface area contributed by atoms with E-state index in [1.807, 2.05) is 18.2 Å². The highest BCUT2D eigenvalue weighted by Crippen LogP contribution is 2.41. The van der Waals surface area contributed by atoms with Crippen molar-refractivity contribution in [1.29, 1.82) is 0 Å². The minimum atomic E-state index is -0.974. The van der Waals surface area contributed by atoms with E-state index in [1.165, 1.54) is 0 Å². The van der Waals surface area contributed by atoms with Gasteiger partial charge in [-0.15, -0.1) is 0 Å². The summed E-state index contributed by atoms with van der Waals surface area (Å²) < 4.78 is 5.44. The first kappa shape index (κ1) is 25.1. The van der Waals surface area contributed by atoms with Gasteiger partial charge in [-0.3, -0.25) is 19.2 Å². The fourth-order valence-electron chi connectivity index (χ4n) is 6.44. The largest absolute Gasteiger partial charge is 0.496 e. The van der Waals surface area contributed by atoms with Gasteiger partial charge in [0.1, 0.15) is 23.5 Å². The molecule has 3 fully saturated rings. The number of fused-ring (bicyclic) bond motifs is 2. The van der Waals surface area contributed by atoms with Crippen molar-refractivity contribution in [2.24, 2.45) is 23.5 Å². The number of piperidine rings is 1. The molecule has 37 heavy (non-hydrogen) atoms. The number of nitrogens with two attached hydrogens (primary N) is 1. The third kappa shape index (κ3) is 4.89. The van der Waals surface area contributed by atoms with Crippen LogP contribution >= 0.6 is 0 Å². The average molecular weight is 510 g/mol. The Balaban J connectivity index is 1.39. The summed E-state index contributed by atoms with van der Waals surface area (Å²) in [7, 11) is 1.58. The second-order valence-corrected chi connectivity index (χ2v) is 10.5. The zero-order chi connectivity index (χ0) is 26.1. The van der Waals surface area contributed by atoms with E-state index in [9.17, 15) is 19.2 Å². The molecule has 1 aromatic carbocycles. The number of ether oxygens (including phenoxy) is 1. The van der Waals surface area contributed by atoms with E-state index < -0.39 is 18.0 Å². The number of primary amides is 1. The second kappa shape index (κ2) is 10.4. The monoisotopic (exact) mass is 509 g/mol. The lowest BCUT2D eigenvalue weighted by Gasteiger charge is -2.31. The standard InChI is InChI=1S/C27H35N5O5/c1-37-22-10-4-9-19-18(22)13-21(30-19)27(36)32-14-16-6-2-3-8-17(16)23(32)26(35)31-20(24(28)33)12-15-7-5-11-29-25(15)34/h4,9-10,13,15-17,20,23,30H,2-3,5-8,11-12,14H2,1H3,(H2,28,33)(H,29,34)(H,31,35). The van der Waals surface area contributed by atoms with Crippen molar-refractivity contribution in [3.8, 4) is 5.75 Å². The third-order valence-electron chi connectivity index (χ3n) is 8.32. The summed E-state index contributed by atoms with van der Waals surface area (Å²) in [6.07, 6.45) is 5.50. The van der Waals surface area contributed by atoms with E-state index in [1.54, 1.807) is 18.1 Å². The van der Waals surface area contributed by atoms with Crippen LogP contribution < -0.4 is 21.1 Å². The highest BCUT2D eigenvalue weighted by atomic mass is 16.5. The SMILES string of the molecule is COc1cccc2[nH]c(C(=O)N3CC4CCCCC4C3C(=O)NC(CC3CCCNC3=O)C(N)=O)cc12. The fraction of sp³-hybridized carbons (Fsp3) is 0.556. The molecule has 10 nitrogen and oxygen atoms in total. The molecule has 0 spiro atoms. The molecule has 198 valence electrons. The predicted octanol–water partition coefficient (Wildman–Crippen LogP) is 1.69. The lowest BCUT2D eigenvalue weighted by atomic mass is 9.78. The van der Waals surface area contributed by atoms with Crippen LogP contribution in [0.1, 0.15) is 55.4 Å². The molecular formula is C27H35N5O5. The summed E-state index contributed by atoms with van der Waals surface area (Å²) in [5, 5.41) is 6.43. The number of rotatable bonds is 7. The minimum absolute atomic E-state index is 0.0168. The van der Waals surface area contributed by atoms with Crippen LogP contribution in [0.5, 0.6) is 5.75 Å². The van der Waals surface area contributed by atoms with Crippen molar-refractivity contribution in [3.05, 3.63) is 30.0 Å². The summed E-state index contributed by atoms with van der Waals surface area (Å²) >= 11 is 0. The zero-order valence-electron chi connectivity index (χ0n) is 21.1. The van der Waals surface area contributed by atoms with E-state index in [0.29, 0.717) is 31.0 Å². The second-order valence-electron chi connectivity index (χ2n) is 10.5. The molecule has 2 saturated heterocycles. The molecule has 2 aromatic rings. The van der Waals surface area contributed by atoms with Gasteiger partial charge in [0.25, 0.3) is 5.91 Å². The summed E-state index contributed by atoms with van der Waals surface area (Å²) in [4.78, 5) is 56.9. The molecule has 5 unspecified atom stereocenters. The Hall–Kier alpha value is -3.56. The number of H-pyrrole nitrogens is 1. The molecule has 10 heteroatoms. The van der Waals surface area contributed by atoms with Crippen molar-refractivity contribution in [3.63, 3.8) is 0 Å². The van der Waals surface area contributed by atoms with Gasteiger partial charge in [-0.1, -0.05) is 18.9 Å². The molecule has 5 atom stereocenters. The van der Waals surface area contributed by atoms with E-state index in [4.69, 9.17) is 10.5 Å². The van der Waals surface area contributed by atoms with Crippen molar-refractivity contribution >= 4 is 34.5 Å². The van der Waals surface area contributed by atoms with Crippen LogP contribution in [0.25, 0.3) is 10.9 Å². The first-order valence-electron chi connectivity index (χ1n) is 13.2. The molecule has 1 saturated carbocycles. The van der Waals surface area contributed by atoms with Crippen LogP contribution in [0.3, 0.4) is 0 Å². The maximum absolute atomic E-state index is 13.8. The molecule has 1 aromatic heterocycles. The van der Waals surface area contributed by atoms with Gasteiger partial charge >= 0.3 is 0 Å². The Kier molecular flexibility index (Phi) is 7.08. The number of carbonyl (C=O) groups is 4. The number of likely N-dealkylation sites (tertiary alicyclic amines) is 1. The van der Waals surface area contributed by atoms with E-state index in [0.717, 1.165) is 43.0 Å². The lowest BCUT2D eigenvalue weighted by Crippen LogP contribution is -2.55. The number of hydrogen-bond donors (Lipinski definition) is 4. The summed E-state index contributed by atoms with van der Waals surface area (Å²) in [5.74, 6) is -0.903. The van der Waals surface area contributed by atoms with Crippen molar-refractivity contribution in [2.75, 3.05) is 20.2 Å². The first-order valence-corrected chi connectivity index (χ1v) is 13.2. The van der Waals surface area contributed by atoms with Crippen LogP contribution in [0, 0.1) is 17.8 Å². The van der Waals surface area contributed by atoms with Gasteiger partial charge in [0, 0.05) is 29.9 Å². The molecule has 0 bridgehead atoms. The van der Waals surface area contributed by atoms with Gasteiger partial charge in [-0.05, 0) is 62.1 Å². The average Bonchev–Trinajstić information content (AvgIpc) is 3.51. The minimum Gasteiger partial charge on any atom is -0.496 e. The third-order valence-corrected chi connectivity index (χ3v) is 8.32. The van der Waals surface area contributed by atoms with Gasteiger partial charge in [-0.25, -0.2) is 0 Å². The molecule has 3 heterocycles. The maximum Gasteiger partial charge on any atom is 0.271 e. The van der Waals surface area contributed by atoms with Crippen molar-refractivity contribution in [1.82, 2.24) is 20.5 Å². The maximum atomic E-state index is 13.8. The molecular weight excluding hydrogens is 474 g/mol. The number of amides is 4. The van der Waals surface area contributed by atoms with Gasteiger partial charge in [-0.2, -0.15) is 0 Å². The molecule has 1 aliphatic carbocycles. The Morgan fingerprint density at radius 2 is 2.00 bits per heavy atom. The van der Waals surface area contributed by atoms with Crippen molar-refractivity contribution < 1.29 is 23.9 Å². The number of aromatic amines is 1. The highest BCUT2D eigenvalue weighted by Gasteiger charge is 2.49. The molecule has 0 radical (unpaired) electrons. The summed E-state index contributed by atoms with van der Waals surface area (Å²) in [6.45, 7) is 1.10. The Morgan fingerprint density at radius 1 is 1.19 bits per heavy atom. The fourth-order valence-corrected chi connectivity index (χ4v) is 6.44. The molecule has 3 aliphatic rings. The van der Waals surface area contributed by atoms with Gasteiger partial charge in [0.2, 0.25) is 17.7 Å². The summed E-state index contributed by atoms with van der Waals surface area (Å²) in [5.41, 5.74) is 6.82. The Bertz CT molecular complexity index is 1210. The molecule has 2 aliphatic heterocycles. The predicted molar refractivity (Wildman–Crippen MR) is 137 cm³/mol. The number of hydrogen-bond acceptors (Lipinski definition) is 5. The number of nitrogens with one attached hydrogen (secondary N) is 3. The quantitative estimate of drug-likeness (QED) is 0.449. The van der Waals surface area contributed by atoms with Gasteiger partial charge in [0.05, 0.1) is 7.11 Å². The number of benzene rings is 1. The topological polar surface area (TPSA) is 147 Å². The van der Waals surface area contributed by atoms with Crippen LogP contribution in [-0.4, -0.2) is 65.8 Å². The Labute approximate surface area is 215 Å². The smallest absolute Gasteiger partial charge is 0.271 e. The first-order chi connectivity index (χ1) is 17.9.